The van der Waals surface area contributed by atoms with Crippen molar-refractivity contribution in [1.29, 1.82) is 0 Å². The van der Waals surface area contributed by atoms with Crippen LogP contribution in [0.25, 0.3) is 10.9 Å². The monoisotopic (exact) mass is 290 g/mol. The maximum atomic E-state index is 12.8. The number of benzene rings is 1. The summed E-state index contributed by atoms with van der Waals surface area (Å²) in [6, 6.07) is 7.81. The smallest absolute Gasteiger partial charge is 0.261 e. The zero-order valence-corrected chi connectivity index (χ0v) is 12.4. The van der Waals surface area contributed by atoms with E-state index in [2.05, 4.69) is 4.98 Å². The second-order valence-electron chi connectivity index (χ2n) is 5.48. The predicted octanol–water partition coefficient (Wildman–Crippen LogP) is 4.20. The number of hydrogen-bond acceptors (Lipinski definition) is 2. The zero-order valence-electron chi connectivity index (χ0n) is 11.7. The lowest BCUT2D eigenvalue weighted by Gasteiger charge is -2.21. The Bertz CT molecular complexity index is 674. The van der Waals surface area contributed by atoms with Crippen molar-refractivity contribution < 1.29 is 0 Å². The van der Waals surface area contributed by atoms with Gasteiger partial charge in [-0.3, -0.25) is 9.36 Å². The van der Waals surface area contributed by atoms with Crippen LogP contribution in [0.15, 0.2) is 29.1 Å². The van der Waals surface area contributed by atoms with Crippen LogP contribution >= 0.6 is 11.6 Å². The number of aromatic nitrogens is 2. The molecule has 1 unspecified atom stereocenters. The van der Waals surface area contributed by atoms with E-state index in [9.17, 15) is 4.79 Å². The first kappa shape index (κ1) is 13.6. The summed E-state index contributed by atoms with van der Waals surface area (Å²) in [7, 11) is 0. The van der Waals surface area contributed by atoms with E-state index in [4.69, 9.17) is 11.6 Å². The summed E-state index contributed by atoms with van der Waals surface area (Å²) in [6.07, 6.45) is 5.25. The first-order valence-corrected chi connectivity index (χ1v) is 7.81. The van der Waals surface area contributed by atoms with Gasteiger partial charge in [0.25, 0.3) is 5.56 Å². The highest BCUT2D eigenvalue weighted by molar-refractivity contribution is 6.20. The molecule has 3 nitrogen and oxygen atoms in total. The van der Waals surface area contributed by atoms with Crippen LogP contribution in [0, 0.1) is 0 Å². The molecule has 4 heteroatoms. The van der Waals surface area contributed by atoms with Gasteiger partial charge in [0, 0.05) is 6.04 Å². The van der Waals surface area contributed by atoms with Crippen LogP contribution in [0.2, 0.25) is 0 Å². The summed E-state index contributed by atoms with van der Waals surface area (Å²) in [4.78, 5) is 17.5. The molecule has 0 amide bonds. The fourth-order valence-corrected chi connectivity index (χ4v) is 3.24. The Kier molecular flexibility index (Phi) is 3.79. The Labute approximate surface area is 123 Å². The van der Waals surface area contributed by atoms with E-state index in [1.165, 1.54) is 12.8 Å². The molecule has 0 radical (unpaired) electrons. The number of nitrogens with zero attached hydrogens (tertiary/aromatic N) is 2. The first-order chi connectivity index (χ1) is 9.72. The van der Waals surface area contributed by atoms with Crippen molar-refractivity contribution >= 4 is 22.5 Å². The van der Waals surface area contributed by atoms with Gasteiger partial charge in [-0.05, 0) is 31.4 Å². The number of hydrogen-bond donors (Lipinski definition) is 0. The molecule has 1 heterocycles. The number of halogens is 1. The third-order valence-corrected chi connectivity index (χ3v) is 4.67. The molecule has 3 rings (SSSR count). The average molecular weight is 291 g/mol. The second-order valence-corrected chi connectivity index (χ2v) is 6.00. The van der Waals surface area contributed by atoms with Crippen molar-refractivity contribution in [2.24, 2.45) is 0 Å². The Balaban J connectivity index is 2.27. The minimum atomic E-state index is -0.201. The number of rotatable bonds is 3. The molecule has 1 saturated carbocycles. The summed E-state index contributed by atoms with van der Waals surface area (Å²) in [5.74, 6) is 0.741. The largest absolute Gasteiger partial charge is 0.292 e. The van der Waals surface area contributed by atoms with Crippen molar-refractivity contribution in [2.75, 3.05) is 0 Å². The molecule has 0 N–H and O–H groups in total. The van der Waals surface area contributed by atoms with Crippen LogP contribution in [0.3, 0.4) is 0 Å². The van der Waals surface area contributed by atoms with Crippen molar-refractivity contribution in [1.82, 2.24) is 9.55 Å². The molecule has 106 valence electrons. The van der Waals surface area contributed by atoms with E-state index in [1.54, 1.807) is 0 Å². The van der Waals surface area contributed by atoms with Gasteiger partial charge in [-0.2, -0.15) is 0 Å². The van der Waals surface area contributed by atoms with Gasteiger partial charge in [-0.15, -0.1) is 11.6 Å². The number of fused-ring (bicyclic) bond motifs is 1. The molecule has 1 fully saturated rings. The van der Waals surface area contributed by atoms with E-state index >= 15 is 0 Å². The average Bonchev–Trinajstić information content (AvgIpc) is 3.00. The van der Waals surface area contributed by atoms with Crippen LogP contribution < -0.4 is 5.56 Å². The fraction of sp³-hybridized carbons (Fsp3) is 0.500. The molecule has 1 aliphatic carbocycles. The molecule has 0 bridgehead atoms. The van der Waals surface area contributed by atoms with Gasteiger partial charge in [0.15, 0.2) is 0 Å². The Morgan fingerprint density at radius 1 is 1.35 bits per heavy atom. The van der Waals surface area contributed by atoms with Crippen LogP contribution in [-0.2, 0) is 0 Å². The van der Waals surface area contributed by atoms with E-state index < -0.39 is 0 Å². The Hall–Kier alpha value is -1.35. The van der Waals surface area contributed by atoms with Crippen molar-refractivity contribution in [3.05, 3.63) is 40.4 Å². The lowest BCUT2D eigenvalue weighted by molar-refractivity contribution is 0.471. The first-order valence-electron chi connectivity index (χ1n) is 7.37. The number of para-hydroxylation sites is 1. The predicted molar refractivity (Wildman–Crippen MR) is 82.4 cm³/mol. The van der Waals surface area contributed by atoms with Crippen LogP contribution in [0.5, 0.6) is 0 Å². The molecular weight excluding hydrogens is 272 g/mol. The highest BCUT2D eigenvalue weighted by atomic mass is 35.5. The maximum Gasteiger partial charge on any atom is 0.261 e. The molecule has 1 aliphatic rings. The number of alkyl halides is 1. The van der Waals surface area contributed by atoms with E-state index in [1.807, 2.05) is 35.8 Å². The Morgan fingerprint density at radius 3 is 2.75 bits per heavy atom. The van der Waals surface area contributed by atoms with Crippen molar-refractivity contribution in [3.8, 4) is 0 Å². The topological polar surface area (TPSA) is 34.9 Å². The van der Waals surface area contributed by atoms with Gasteiger partial charge in [0.05, 0.1) is 16.3 Å². The summed E-state index contributed by atoms with van der Waals surface area (Å²) < 4.78 is 1.87. The summed E-state index contributed by atoms with van der Waals surface area (Å²) >= 11 is 6.42. The van der Waals surface area contributed by atoms with Gasteiger partial charge in [-0.1, -0.05) is 31.9 Å². The molecule has 1 atom stereocenters. The van der Waals surface area contributed by atoms with Crippen LogP contribution in [0.1, 0.15) is 56.3 Å². The highest BCUT2D eigenvalue weighted by Crippen LogP contribution is 2.33. The standard InChI is InChI=1S/C16H19ClN2O/c1-2-13(17)15-18-14-10-6-5-9-12(14)16(20)19(15)11-7-3-4-8-11/h5-6,9-11,13H,2-4,7-8H2,1H3. The van der Waals surface area contributed by atoms with E-state index in [0.29, 0.717) is 5.39 Å². The minimum absolute atomic E-state index is 0.0663. The summed E-state index contributed by atoms with van der Waals surface area (Å²) in [6.45, 7) is 2.03. The van der Waals surface area contributed by atoms with Gasteiger partial charge in [0.2, 0.25) is 0 Å². The normalized spacial score (nSPS) is 17.7. The van der Waals surface area contributed by atoms with Crippen LogP contribution in [0.4, 0.5) is 0 Å². The lowest BCUT2D eigenvalue weighted by Crippen LogP contribution is -2.28. The summed E-state index contributed by atoms with van der Waals surface area (Å²) in [5, 5.41) is 0.496. The van der Waals surface area contributed by atoms with Crippen molar-refractivity contribution in [2.45, 2.75) is 50.4 Å². The van der Waals surface area contributed by atoms with Crippen LogP contribution in [-0.4, -0.2) is 9.55 Å². The van der Waals surface area contributed by atoms with Gasteiger partial charge in [0.1, 0.15) is 5.82 Å². The van der Waals surface area contributed by atoms with E-state index in [0.717, 1.165) is 30.6 Å². The molecule has 20 heavy (non-hydrogen) atoms. The molecule has 0 aliphatic heterocycles. The van der Waals surface area contributed by atoms with Gasteiger partial charge >= 0.3 is 0 Å². The molecule has 1 aromatic carbocycles. The summed E-state index contributed by atoms with van der Waals surface area (Å²) in [5.41, 5.74) is 0.817. The van der Waals surface area contributed by atoms with E-state index in [-0.39, 0.29) is 17.0 Å². The highest BCUT2D eigenvalue weighted by Gasteiger charge is 2.25. The molecule has 1 aromatic heterocycles. The van der Waals surface area contributed by atoms with Gasteiger partial charge < -0.3 is 0 Å². The molecule has 2 aromatic rings. The minimum Gasteiger partial charge on any atom is -0.292 e. The molecule has 0 spiro atoms. The third-order valence-electron chi connectivity index (χ3n) is 4.16. The van der Waals surface area contributed by atoms with Crippen molar-refractivity contribution in [3.63, 3.8) is 0 Å². The second kappa shape index (κ2) is 5.57. The SMILES string of the molecule is CCC(Cl)c1nc2ccccc2c(=O)n1C1CCCC1. The maximum absolute atomic E-state index is 12.8. The lowest BCUT2D eigenvalue weighted by atomic mass is 10.1. The Morgan fingerprint density at radius 2 is 2.05 bits per heavy atom. The molecule has 0 saturated heterocycles. The quantitative estimate of drug-likeness (QED) is 0.794. The fourth-order valence-electron chi connectivity index (χ4n) is 3.08. The third kappa shape index (κ3) is 2.24. The van der Waals surface area contributed by atoms with Gasteiger partial charge in [-0.25, -0.2) is 4.98 Å². The zero-order chi connectivity index (χ0) is 14.1. The molecular formula is C16H19ClN2O.